The van der Waals surface area contributed by atoms with Gasteiger partial charge >= 0.3 is 18.5 Å². The largest absolute Gasteiger partial charge is 0.451 e. The molecule has 3 rings (SSSR count). The van der Waals surface area contributed by atoms with Crippen LogP contribution in [0.3, 0.4) is 0 Å². The average molecular weight is 487 g/mol. The Balaban J connectivity index is 2.46. The van der Waals surface area contributed by atoms with Gasteiger partial charge in [0.2, 0.25) is 5.82 Å². The van der Waals surface area contributed by atoms with Crippen molar-refractivity contribution in [3.8, 4) is 5.69 Å². The van der Waals surface area contributed by atoms with Gasteiger partial charge in [-0.1, -0.05) is 0 Å². The predicted octanol–water partition coefficient (Wildman–Crippen LogP) is 5.01. The molecule has 0 fully saturated rings. The zero-order valence-corrected chi connectivity index (χ0v) is 14.3. The Morgan fingerprint density at radius 2 is 1.16 bits per heavy atom. The summed E-state index contributed by atoms with van der Waals surface area (Å²) >= 11 is 0. The summed E-state index contributed by atoms with van der Waals surface area (Å²) in [6, 6.07) is 0. The third-order valence-corrected chi connectivity index (χ3v) is 3.83. The molecule has 1 aromatic carbocycles. The van der Waals surface area contributed by atoms with Gasteiger partial charge in [-0.25, -0.2) is 32.2 Å². The van der Waals surface area contributed by atoms with E-state index < -0.39 is 86.1 Å². The van der Waals surface area contributed by atoms with E-state index in [1.54, 1.807) is 0 Å². The molecule has 0 unspecified atom stereocenters. The molecule has 2 heterocycles. The lowest BCUT2D eigenvalue weighted by Gasteiger charge is -2.14. The summed E-state index contributed by atoms with van der Waals surface area (Å²) in [5, 5.41) is 1.31. The Morgan fingerprint density at radius 1 is 0.656 bits per heavy atom. The molecule has 0 aliphatic carbocycles. The summed E-state index contributed by atoms with van der Waals surface area (Å²) in [6.07, 6.45) is -17.2. The van der Waals surface area contributed by atoms with Gasteiger partial charge in [-0.2, -0.15) is 39.5 Å². The minimum Gasteiger partial charge on any atom is -0.383 e. The fraction of sp³-hybridized carbons (Fsp3) is 0.214. The van der Waals surface area contributed by atoms with E-state index in [9.17, 15) is 57.1 Å². The van der Waals surface area contributed by atoms with Crippen molar-refractivity contribution < 1.29 is 57.1 Å². The molecule has 32 heavy (non-hydrogen) atoms. The highest BCUT2D eigenvalue weighted by molar-refractivity contribution is 5.90. The molecule has 174 valence electrons. The Hall–Kier alpha value is -3.34. The van der Waals surface area contributed by atoms with Crippen LogP contribution in [0.1, 0.15) is 17.1 Å². The summed E-state index contributed by atoms with van der Waals surface area (Å²) in [6.45, 7) is 0. The standard InChI is InChI=1S/C14H2F13N5/c15-3-2(12(19,20)21)4(16)6(18)7(5(3)17)32-9(28)1-8(13(22,23)24)29-11(14(25,26)27)30-10(1)31-32/h28H2. The van der Waals surface area contributed by atoms with Gasteiger partial charge < -0.3 is 5.73 Å². The normalized spacial score (nSPS) is 13.3. The van der Waals surface area contributed by atoms with Crippen molar-refractivity contribution >= 4 is 16.9 Å². The minimum atomic E-state index is -5.94. The number of aromatic nitrogens is 4. The summed E-state index contributed by atoms with van der Waals surface area (Å²) < 4.78 is 172. The Kier molecular flexibility index (Phi) is 4.98. The van der Waals surface area contributed by atoms with E-state index in [4.69, 9.17) is 5.73 Å². The monoisotopic (exact) mass is 487 g/mol. The second-order valence-corrected chi connectivity index (χ2v) is 5.86. The first-order valence-electron chi connectivity index (χ1n) is 7.51. The van der Waals surface area contributed by atoms with Crippen LogP contribution in [-0.4, -0.2) is 19.7 Å². The molecule has 3 aromatic rings. The van der Waals surface area contributed by atoms with Crippen LogP contribution in [0.25, 0.3) is 16.7 Å². The van der Waals surface area contributed by atoms with Gasteiger partial charge in [-0.3, -0.25) is 0 Å². The number of hydrogen-bond acceptors (Lipinski definition) is 4. The van der Waals surface area contributed by atoms with E-state index in [1.165, 1.54) is 0 Å². The van der Waals surface area contributed by atoms with Crippen LogP contribution in [0, 0.1) is 23.3 Å². The van der Waals surface area contributed by atoms with E-state index in [1.807, 2.05) is 0 Å². The number of nitrogens with zero attached hydrogens (tertiary/aromatic N) is 4. The average Bonchev–Trinajstić information content (AvgIpc) is 2.93. The van der Waals surface area contributed by atoms with Crippen molar-refractivity contribution in [3.05, 3.63) is 40.4 Å². The van der Waals surface area contributed by atoms with Crippen LogP contribution in [0.4, 0.5) is 62.9 Å². The van der Waals surface area contributed by atoms with E-state index in [-0.39, 0.29) is 0 Å². The summed E-state index contributed by atoms with van der Waals surface area (Å²) in [7, 11) is 0. The van der Waals surface area contributed by atoms with Crippen LogP contribution in [0.15, 0.2) is 0 Å². The molecule has 5 nitrogen and oxygen atoms in total. The number of hydrogen-bond donors (Lipinski definition) is 1. The van der Waals surface area contributed by atoms with E-state index in [0.29, 0.717) is 0 Å². The van der Waals surface area contributed by atoms with Crippen molar-refractivity contribution in [2.24, 2.45) is 0 Å². The first kappa shape index (κ1) is 23.3. The van der Waals surface area contributed by atoms with Gasteiger partial charge in [0, 0.05) is 0 Å². The van der Waals surface area contributed by atoms with Crippen molar-refractivity contribution in [1.29, 1.82) is 0 Å². The summed E-state index contributed by atoms with van der Waals surface area (Å²) in [5.74, 6) is -15.6. The van der Waals surface area contributed by atoms with Gasteiger partial charge in [0.25, 0.3) is 0 Å². The van der Waals surface area contributed by atoms with Gasteiger partial charge in [0.15, 0.2) is 34.6 Å². The Bertz CT molecular complexity index is 1210. The maximum Gasteiger partial charge on any atom is 0.451 e. The SMILES string of the molecule is Nc1c2c(C(F)(F)F)nc(C(F)(F)F)nc2nn1-c1c(F)c(F)c(C(F)(F)F)c(F)c1F. The fourth-order valence-corrected chi connectivity index (χ4v) is 2.57. The van der Waals surface area contributed by atoms with Crippen molar-refractivity contribution in [2.45, 2.75) is 18.5 Å². The van der Waals surface area contributed by atoms with Crippen LogP contribution in [0.2, 0.25) is 0 Å². The first-order chi connectivity index (χ1) is 14.4. The topological polar surface area (TPSA) is 69.6 Å². The van der Waals surface area contributed by atoms with E-state index in [2.05, 4.69) is 15.1 Å². The molecule has 0 atom stereocenters. The van der Waals surface area contributed by atoms with Crippen molar-refractivity contribution in [3.63, 3.8) is 0 Å². The number of halogens is 13. The zero-order chi connectivity index (χ0) is 24.5. The molecular formula is C14H2F13N5. The number of alkyl halides is 9. The van der Waals surface area contributed by atoms with Crippen LogP contribution in [-0.2, 0) is 18.5 Å². The molecule has 0 aliphatic heterocycles. The number of rotatable bonds is 1. The lowest BCUT2D eigenvalue weighted by molar-refractivity contribution is -0.151. The number of fused-ring (bicyclic) bond motifs is 1. The van der Waals surface area contributed by atoms with E-state index in [0.717, 1.165) is 0 Å². The minimum absolute atomic E-state index is 0.564. The van der Waals surface area contributed by atoms with Gasteiger partial charge in [0.05, 0.1) is 5.39 Å². The quantitative estimate of drug-likeness (QED) is 0.387. The molecule has 0 bridgehead atoms. The molecule has 0 aliphatic rings. The van der Waals surface area contributed by atoms with Gasteiger partial charge in [0.1, 0.15) is 17.1 Å². The first-order valence-corrected chi connectivity index (χ1v) is 7.51. The molecule has 0 spiro atoms. The molecule has 0 radical (unpaired) electrons. The molecule has 0 saturated heterocycles. The highest BCUT2D eigenvalue weighted by Crippen LogP contribution is 2.41. The second-order valence-electron chi connectivity index (χ2n) is 5.86. The van der Waals surface area contributed by atoms with Crippen LogP contribution < -0.4 is 5.73 Å². The smallest absolute Gasteiger partial charge is 0.383 e. The third kappa shape index (κ3) is 3.52. The molecule has 0 amide bonds. The van der Waals surface area contributed by atoms with Crippen LogP contribution >= 0.6 is 0 Å². The number of anilines is 1. The molecule has 2 aromatic heterocycles. The fourth-order valence-electron chi connectivity index (χ4n) is 2.57. The Labute approximate surface area is 165 Å². The summed E-state index contributed by atoms with van der Waals surface area (Å²) in [4.78, 5) is 4.89. The van der Waals surface area contributed by atoms with E-state index >= 15 is 0 Å². The maximum absolute atomic E-state index is 14.2. The molecule has 18 heteroatoms. The second kappa shape index (κ2) is 6.83. The lowest BCUT2D eigenvalue weighted by atomic mass is 10.1. The predicted molar refractivity (Wildman–Crippen MR) is 75.9 cm³/mol. The number of nitrogen functional groups attached to an aromatic ring is 1. The van der Waals surface area contributed by atoms with Gasteiger partial charge in [-0.15, -0.1) is 5.10 Å². The zero-order valence-electron chi connectivity index (χ0n) is 14.3. The van der Waals surface area contributed by atoms with Crippen LogP contribution in [0.5, 0.6) is 0 Å². The highest BCUT2D eigenvalue weighted by atomic mass is 19.4. The van der Waals surface area contributed by atoms with Crippen molar-refractivity contribution in [1.82, 2.24) is 19.7 Å². The molecule has 2 N–H and O–H groups in total. The Morgan fingerprint density at radius 3 is 1.56 bits per heavy atom. The third-order valence-electron chi connectivity index (χ3n) is 3.83. The van der Waals surface area contributed by atoms with Gasteiger partial charge in [-0.05, 0) is 0 Å². The van der Waals surface area contributed by atoms with Crippen molar-refractivity contribution in [2.75, 3.05) is 5.73 Å². The maximum atomic E-state index is 14.2. The lowest BCUT2D eigenvalue weighted by Crippen LogP contribution is -2.19. The molecule has 0 saturated carbocycles. The number of benzene rings is 1. The summed E-state index contributed by atoms with van der Waals surface area (Å²) in [5.41, 5.74) is -3.91. The number of nitrogens with two attached hydrogens (primary N) is 1. The molecular weight excluding hydrogens is 485 g/mol. The highest BCUT2D eigenvalue weighted by Gasteiger charge is 2.45.